The van der Waals surface area contributed by atoms with Crippen molar-refractivity contribution in [3.05, 3.63) is 28.2 Å². The molecule has 1 aliphatic carbocycles. The van der Waals surface area contributed by atoms with Crippen molar-refractivity contribution >= 4 is 15.9 Å². The van der Waals surface area contributed by atoms with E-state index in [1.807, 2.05) is 12.1 Å². The van der Waals surface area contributed by atoms with Crippen LogP contribution in [-0.4, -0.2) is 24.4 Å². The van der Waals surface area contributed by atoms with Gasteiger partial charge in [0.05, 0.1) is 10.6 Å². The molecular formula is C13H18BrNO2. The van der Waals surface area contributed by atoms with Gasteiger partial charge in [-0.05, 0) is 52.9 Å². The highest BCUT2D eigenvalue weighted by atomic mass is 79.9. The minimum atomic E-state index is 0.282. The molecule has 0 bridgehead atoms. The number of halogens is 1. The monoisotopic (exact) mass is 299 g/mol. The summed E-state index contributed by atoms with van der Waals surface area (Å²) in [5, 5.41) is 12.9. The van der Waals surface area contributed by atoms with E-state index >= 15 is 0 Å². The third-order valence-electron chi connectivity index (χ3n) is 3.34. The van der Waals surface area contributed by atoms with Crippen molar-refractivity contribution in [2.45, 2.75) is 38.0 Å². The van der Waals surface area contributed by atoms with Gasteiger partial charge < -0.3 is 15.2 Å². The smallest absolute Gasteiger partial charge is 0.129 e. The van der Waals surface area contributed by atoms with Gasteiger partial charge in [0, 0.05) is 19.7 Å². The van der Waals surface area contributed by atoms with Crippen LogP contribution >= 0.6 is 15.9 Å². The molecule has 2 atom stereocenters. The normalized spacial score (nSPS) is 24.1. The van der Waals surface area contributed by atoms with Crippen LogP contribution in [0.15, 0.2) is 22.7 Å². The maximum Gasteiger partial charge on any atom is 0.129 e. The molecule has 0 aliphatic heterocycles. The van der Waals surface area contributed by atoms with E-state index in [4.69, 9.17) is 4.74 Å². The highest BCUT2D eigenvalue weighted by Gasteiger charge is 2.26. The SMILES string of the molecule is COC1CCCC1NCc1ccc(O)c(Br)c1. The molecule has 17 heavy (non-hydrogen) atoms. The Morgan fingerprint density at radius 1 is 1.47 bits per heavy atom. The van der Waals surface area contributed by atoms with Gasteiger partial charge in [0.1, 0.15) is 5.75 Å². The van der Waals surface area contributed by atoms with E-state index in [1.54, 1.807) is 13.2 Å². The third-order valence-corrected chi connectivity index (χ3v) is 3.97. The number of hydrogen-bond donors (Lipinski definition) is 2. The average molecular weight is 300 g/mol. The zero-order valence-electron chi connectivity index (χ0n) is 9.95. The van der Waals surface area contributed by atoms with Gasteiger partial charge in [0.25, 0.3) is 0 Å². The van der Waals surface area contributed by atoms with Gasteiger partial charge in [-0.3, -0.25) is 0 Å². The summed E-state index contributed by atoms with van der Waals surface area (Å²) in [6, 6.07) is 6.04. The molecule has 0 amide bonds. The van der Waals surface area contributed by atoms with Crippen LogP contribution < -0.4 is 5.32 Å². The fraction of sp³-hybridized carbons (Fsp3) is 0.538. The van der Waals surface area contributed by atoms with Crippen molar-refractivity contribution in [1.29, 1.82) is 0 Å². The van der Waals surface area contributed by atoms with Gasteiger partial charge in [-0.2, -0.15) is 0 Å². The maximum absolute atomic E-state index is 9.42. The summed E-state index contributed by atoms with van der Waals surface area (Å²) < 4.78 is 6.19. The van der Waals surface area contributed by atoms with Crippen LogP contribution in [0.25, 0.3) is 0 Å². The number of phenols is 1. The maximum atomic E-state index is 9.42. The van der Waals surface area contributed by atoms with Gasteiger partial charge in [-0.1, -0.05) is 6.07 Å². The standard InChI is InChI=1S/C13H18BrNO2/c1-17-13-4-2-3-11(13)15-8-9-5-6-12(16)10(14)7-9/h5-7,11,13,15-16H,2-4,8H2,1H3. The topological polar surface area (TPSA) is 41.5 Å². The lowest BCUT2D eigenvalue weighted by Crippen LogP contribution is -2.36. The van der Waals surface area contributed by atoms with Crippen molar-refractivity contribution < 1.29 is 9.84 Å². The fourth-order valence-electron chi connectivity index (χ4n) is 2.35. The predicted molar refractivity (Wildman–Crippen MR) is 71.1 cm³/mol. The molecule has 0 radical (unpaired) electrons. The number of rotatable bonds is 4. The molecule has 0 saturated heterocycles. The first-order chi connectivity index (χ1) is 8.20. The Morgan fingerprint density at radius 2 is 2.29 bits per heavy atom. The van der Waals surface area contributed by atoms with Crippen molar-refractivity contribution in [3.63, 3.8) is 0 Å². The Balaban J connectivity index is 1.91. The fourth-order valence-corrected chi connectivity index (χ4v) is 2.78. The molecule has 2 rings (SSSR count). The molecule has 0 aromatic heterocycles. The molecule has 1 aromatic rings. The number of nitrogens with one attached hydrogen (secondary N) is 1. The zero-order valence-corrected chi connectivity index (χ0v) is 11.5. The molecule has 1 aromatic carbocycles. The molecule has 1 fully saturated rings. The van der Waals surface area contributed by atoms with Crippen LogP contribution in [0.5, 0.6) is 5.75 Å². The summed E-state index contributed by atoms with van der Waals surface area (Å²) in [7, 11) is 1.78. The summed E-state index contributed by atoms with van der Waals surface area (Å²) in [5.41, 5.74) is 1.16. The van der Waals surface area contributed by atoms with E-state index in [0.29, 0.717) is 12.1 Å². The number of methoxy groups -OCH3 is 1. The second-order valence-corrected chi connectivity index (χ2v) is 5.33. The van der Waals surface area contributed by atoms with Crippen molar-refractivity contribution in [2.75, 3.05) is 7.11 Å². The van der Waals surface area contributed by atoms with Gasteiger partial charge in [-0.15, -0.1) is 0 Å². The predicted octanol–water partition coefficient (Wildman–Crippen LogP) is 2.81. The largest absolute Gasteiger partial charge is 0.507 e. The van der Waals surface area contributed by atoms with Gasteiger partial charge >= 0.3 is 0 Å². The summed E-state index contributed by atoms with van der Waals surface area (Å²) >= 11 is 3.32. The first-order valence-electron chi connectivity index (χ1n) is 5.94. The van der Waals surface area contributed by atoms with Crippen molar-refractivity contribution in [2.24, 2.45) is 0 Å². The summed E-state index contributed by atoms with van der Waals surface area (Å²) in [4.78, 5) is 0. The number of hydrogen-bond acceptors (Lipinski definition) is 3. The van der Waals surface area contributed by atoms with Gasteiger partial charge in [0.15, 0.2) is 0 Å². The Labute approximate surface area is 110 Å². The number of ether oxygens (including phenoxy) is 1. The van der Waals surface area contributed by atoms with Crippen molar-refractivity contribution in [3.8, 4) is 5.75 Å². The molecule has 2 N–H and O–H groups in total. The highest BCUT2D eigenvalue weighted by molar-refractivity contribution is 9.10. The number of benzene rings is 1. The minimum Gasteiger partial charge on any atom is -0.507 e. The molecule has 0 spiro atoms. The molecule has 2 unspecified atom stereocenters. The van der Waals surface area contributed by atoms with Gasteiger partial charge in [0.2, 0.25) is 0 Å². The average Bonchev–Trinajstić information content (AvgIpc) is 2.78. The van der Waals surface area contributed by atoms with E-state index in [0.717, 1.165) is 23.0 Å². The van der Waals surface area contributed by atoms with E-state index < -0.39 is 0 Å². The number of phenolic OH excluding ortho intramolecular Hbond substituents is 1. The second kappa shape index (κ2) is 5.85. The Hall–Kier alpha value is -0.580. The van der Waals surface area contributed by atoms with Crippen LogP contribution in [0, 0.1) is 0 Å². The van der Waals surface area contributed by atoms with E-state index in [-0.39, 0.29) is 5.75 Å². The molecule has 94 valence electrons. The minimum absolute atomic E-state index is 0.282. The van der Waals surface area contributed by atoms with E-state index in [1.165, 1.54) is 12.8 Å². The van der Waals surface area contributed by atoms with E-state index in [9.17, 15) is 5.11 Å². The lowest BCUT2D eigenvalue weighted by Gasteiger charge is -2.19. The summed E-state index contributed by atoms with van der Waals surface area (Å²) in [5.74, 6) is 0.282. The first-order valence-corrected chi connectivity index (χ1v) is 6.73. The van der Waals surface area contributed by atoms with Crippen LogP contribution in [0.1, 0.15) is 24.8 Å². The Kier molecular flexibility index (Phi) is 4.42. The molecule has 1 saturated carbocycles. The first kappa shape index (κ1) is 12.9. The van der Waals surface area contributed by atoms with E-state index in [2.05, 4.69) is 21.2 Å². The Morgan fingerprint density at radius 3 is 3.00 bits per heavy atom. The van der Waals surface area contributed by atoms with Gasteiger partial charge in [-0.25, -0.2) is 0 Å². The quantitative estimate of drug-likeness (QED) is 0.898. The lowest BCUT2D eigenvalue weighted by atomic mass is 10.1. The molecule has 1 aliphatic rings. The van der Waals surface area contributed by atoms with Crippen LogP contribution in [-0.2, 0) is 11.3 Å². The Bertz CT molecular complexity index is 384. The molecule has 3 nitrogen and oxygen atoms in total. The third kappa shape index (κ3) is 3.21. The van der Waals surface area contributed by atoms with Crippen LogP contribution in [0.2, 0.25) is 0 Å². The summed E-state index contributed by atoms with van der Waals surface area (Å²) in [6.45, 7) is 0.809. The zero-order chi connectivity index (χ0) is 12.3. The van der Waals surface area contributed by atoms with Crippen LogP contribution in [0.4, 0.5) is 0 Å². The molecular weight excluding hydrogens is 282 g/mol. The number of aromatic hydroxyl groups is 1. The second-order valence-electron chi connectivity index (χ2n) is 4.48. The van der Waals surface area contributed by atoms with Crippen LogP contribution in [0.3, 0.4) is 0 Å². The molecule has 0 heterocycles. The highest BCUT2D eigenvalue weighted by Crippen LogP contribution is 2.25. The molecule has 4 heteroatoms. The lowest BCUT2D eigenvalue weighted by molar-refractivity contribution is 0.0847. The van der Waals surface area contributed by atoms with Crippen molar-refractivity contribution in [1.82, 2.24) is 5.32 Å². The summed E-state index contributed by atoms with van der Waals surface area (Å²) in [6.07, 6.45) is 3.90.